The Morgan fingerprint density at radius 3 is 2.33 bits per heavy atom. The topological polar surface area (TPSA) is 38.3 Å². The highest BCUT2D eigenvalue weighted by atomic mass is 16.5. The molecule has 0 aromatic rings. The van der Waals surface area contributed by atoms with E-state index in [1.54, 1.807) is 6.08 Å². The Kier molecular flexibility index (Phi) is 5.58. The van der Waals surface area contributed by atoms with E-state index in [4.69, 9.17) is 4.74 Å². The minimum absolute atomic E-state index is 0.0562. The molecule has 0 saturated carbocycles. The van der Waals surface area contributed by atoms with E-state index >= 15 is 0 Å². The van der Waals surface area contributed by atoms with Crippen LogP contribution in [0.3, 0.4) is 0 Å². The Bertz CT molecular complexity index is 216. The smallest absolute Gasteiger partial charge is 0.249 e. The molecule has 1 amide bonds. The lowest BCUT2D eigenvalue weighted by Gasteiger charge is -2.29. The molecular weight excluding hydrogens is 190 g/mol. The number of ether oxygens (including phenoxy) is 1. The quantitative estimate of drug-likeness (QED) is 0.710. The van der Waals surface area contributed by atoms with Crippen molar-refractivity contribution in [3.8, 4) is 0 Å². The normalized spacial score (nSPS) is 13.7. The van der Waals surface area contributed by atoms with Gasteiger partial charge >= 0.3 is 0 Å². The van der Waals surface area contributed by atoms with Gasteiger partial charge in [-0.25, -0.2) is 0 Å². The Labute approximate surface area is 92.9 Å². The van der Waals surface area contributed by atoms with Gasteiger partial charge in [-0.1, -0.05) is 26.8 Å². The molecule has 0 heterocycles. The number of hydrogen-bond acceptors (Lipinski definition) is 2. The Hall–Kier alpha value is -0.830. The van der Waals surface area contributed by atoms with Crippen molar-refractivity contribution in [3.63, 3.8) is 0 Å². The van der Waals surface area contributed by atoms with Gasteiger partial charge in [-0.15, -0.1) is 6.58 Å². The van der Waals surface area contributed by atoms with Gasteiger partial charge in [0.1, 0.15) is 6.10 Å². The third kappa shape index (κ3) is 5.57. The fourth-order valence-electron chi connectivity index (χ4n) is 1.24. The zero-order valence-electron chi connectivity index (χ0n) is 10.5. The fourth-order valence-corrected chi connectivity index (χ4v) is 1.24. The van der Waals surface area contributed by atoms with Gasteiger partial charge in [-0.3, -0.25) is 4.79 Å². The van der Waals surface area contributed by atoms with Crippen LogP contribution < -0.4 is 5.32 Å². The van der Waals surface area contributed by atoms with E-state index in [-0.39, 0.29) is 17.4 Å². The summed E-state index contributed by atoms with van der Waals surface area (Å²) in [5.41, 5.74) is -0.206. The molecule has 0 aliphatic heterocycles. The van der Waals surface area contributed by atoms with Crippen molar-refractivity contribution in [1.29, 1.82) is 0 Å². The van der Waals surface area contributed by atoms with Crippen molar-refractivity contribution in [2.24, 2.45) is 5.41 Å². The van der Waals surface area contributed by atoms with Gasteiger partial charge < -0.3 is 10.1 Å². The van der Waals surface area contributed by atoms with Crippen molar-refractivity contribution in [2.75, 3.05) is 6.61 Å². The fraction of sp³-hybridized carbons (Fsp3) is 0.750. The first-order chi connectivity index (χ1) is 6.79. The van der Waals surface area contributed by atoms with Crippen molar-refractivity contribution >= 4 is 5.91 Å². The van der Waals surface area contributed by atoms with Gasteiger partial charge in [-0.05, 0) is 19.3 Å². The summed E-state index contributed by atoms with van der Waals surface area (Å²) in [7, 11) is 0. The van der Waals surface area contributed by atoms with Gasteiger partial charge in [0.15, 0.2) is 0 Å². The lowest BCUT2D eigenvalue weighted by molar-refractivity contribution is -0.139. The average molecular weight is 213 g/mol. The molecular formula is C12H23NO2. The van der Waals surface area contributed by atoms with Crippen LogP contribution in [-0.2, 0) is 9.53 Å². The predicted molar refractivity (Wildman–Crippen MR) is 62.7 cm³/mol. The van der Waals surface area contributed by atoms with Gasteiger partial charge in [0.2, 0.25) is 5.91 Å². The van der Waals surface area contributed by atoms with E-state index in [0.717, 1.165) is 0 Å². The van der Waals surface area contributed by atoms with Crippen LogP contribution in [0.15, 0.2) is 12.7 Å². The van der Waals surface area contributed by atoms with Crippen LogP contribution >= 0.6 is 0 Å². The number of carbonyl (C=O) groups is 1. The van der Waals surface area contributed by atoms with Gasteiger partial charge in [0.25, 0.3) is 0 Å². The number of carbonyl (C=O) groups excluding carboxylic acids is 1. The molecule has 88 valence electrons. The molecule has 3 heteroatoms. The molecule has 0 aliphatic carbocycles. The van der Waals surface area contributed by atoms with Crippen molar-refractivity contribution < 1.29 is 9.53 Å². The molecule has 1 atom stereocenters. The summed E-state index contributed by atoms with van der Waals surface area (Å²) in [5, 5.41) is 2.86. The Morgan fingerprint density at radius 1 is 1.47 bits per heavy atom. The molecule has 0 aliphatic rings. The largest absolute Gasteiger partial charge is 0.364 e. The molecule has 1 N–H and O–H groups in total. The molecule has 0 aromatic heterocycles. The molecule has 1 unspecified atom stereocenters. The number of rotatable bonds is 5. The standard InChI is InChI=1S/C12H23NO2/c1-7-8-15-10(12(4,5)6)11(14)13-9(2)3/h7,9-10H,1,8H2,2-6H3,(H,13,14). The first-order valence-electron chi connectivity index (χ1n) is 5.32. The van der Waals surface area contributed by atoms with E-state index in [0.29, 0.717) is 6.61 Å². The summed E-state index contributed by atoms with van der Waals surface area (Å²) in [6.45, 7) is 13.8. The molecule has 0 saturated heterocycles. The summed E-state index contributed by atoms with van der Waals surface area (Å²) in [6.07, 6.45) is 1.22. The van der Waals surface area contributed by atoms with Crippen molar-refractivity contribution in [2.45, 2.75) is 46.8 Å². The van der Waals surface area contributed by atoms with Crippen LogP contribution in [0, 0.1) is 5.41 Å². The molecule has 0 fully saturated rings. The number of hydrogen-bond donors (Lipinski definition) is 1. The molecule has 0 radical (unpaired) electrons. The highest BCUT2D eigenvalue weighted by Gasteiger charge is 2.32. The second-order valence-corrected chi connectivity index (χ2v) is 5.03. The predicted octanol–water partition coefficient (Wildman–Crippen LogP) is 2.13. The maximum absolute atomic E-state index is 11.8. The van der Waals surface area contributed by atoms with Crippen LogP contribution in [0.5, 0.6) is 0 Å². The molecule has 0 aromatic carbocycles. The van der Waals surface area contributed by atoms with Crippen molar-refractivity contribution in [1.82, 2.24) is 5.32 Å². The van der Waals surface area contributed by atoms with Crippen LogP contribution in [0.4, 0.5) is 0 Å². The highest BCUT2D eigenvalue weighted by molar-refractivity contribution is 5.81. The lowest BCUT2D eigenvalue weighted by Crippen LogP contribution is -2.46. The van der Waals surface area contributed by atoms with Crippen molar-refractivity contribution in [3.05, 3.63) is 12.7 Å². The second kappa shape index (κ2) is 5.91. The van der Waals surface area contributed by atoms with Crippen LogP contribution in [0.1, 0.15) is 34.6 Å². The molecule has 15 heavy (non-hydrogen) atoms. The SMILES string of the molecule is C=CCOC(C(=O)NC(C)C)C(C)(C)C. The summed E-state index contributed by atoms with van der Waals surface area (Å²) < 4.78 is 5.49. The van der Waals surface area contributed by atoms with E-state index in [1.807, 2.05) is 34.6 Å². The molecule has 0 rings (SSSR count). The van der Waals surface area contributed by atoms with Gasteiger partial charge in [0, 0.05) is 6.04 Å². The summed E-state index contributed by atoms with van der Waals surface area (Å²) >= 11 is 0. The second-order valence-electron chi connectivity index (χ2n) is 5.03. The Balaban J connectivity index is 4.48. The lowest BCUT2D eigenvalue weighted by atomic mass is 9.88. The average Bonchev–Trinajstić information content (AvgIpc) is 2.00. The molecule has 0 spiro atoms. The summed E-state index contributed by atoms with van der Waals surface area (Å²) in [6, 6.07) is 0.134. The van der Waals surface area contributed by atoms with E-state index in [9.17, 15) is 4.79 Å². The van der Waals surface area contributed by atoms with Crippen LogP contribution in [0.25, 0.3) is 0 Å². The van der Waals surface area contributed by atoms with Gasteiger partial charge in [0.05, 0.1) is 6.61 Å². The van der Waals surface area contributed by atoms with E-state index in [2.05, 4.69) is 11.9 Å². The number of amides is 1. The third-order valence-corrected chi connectivity index (χ3v) is 1.84. The first kappa shape index (κ1) is 14.2. The van der Waals surface area contributed by atoms with Gasteiger partial charge in [-0.2, -0.15) is 0 Å². The Morgan fingerprint density at radius 2 is 2.00 bits per heavy atom. The number of nitrogens with one attached hydrogen (secondary N) is 1. The first-order valence-corrected chi connectivity index (χ1v) is 5.32. The zero-order valence-corrected chi connectivity index (χ0v) is 10.5. The third-order valence-electron chi connectivity index (χ3n) is 1.84. The minimum atomic E-state index is -0.433. The minimum Gasteiger partial charge on any atom is -0.364 e. The van der Waals surface area contributed by atoms with Crippen LogP contribution in [0.2, 0.25) is 0 Å². The van der Waals surface area contributed by atoms with Crippen LogP contribution in [-0.4, -0.2) is 24.7 Å². The van der Waals surface area contributed by atoms with E-state index < -0.39 is 6.10 Å². The highest BCUT2D eigenvalue weighted by Crippen LogP contribution is 2.22. The van der Waals surface area contributed by atoms with E-state index in [1.165, 1.54) is 0 Å². The summed E-state index contributed by atoms with van der Waals surface area (Å²) in [4.78, 5) is 11.8. The summed E-state index contributed by atoms with van der Waals surface area (Å²) in [5.74, 6) is -0.0562. The monoisotopic (exact) mass is 213 g/mol. The maximum Gasteiger partial charge on any atom is 0.249 e. The maximum atomic E-state index is 11.8. The molecule has 3 nitrogen and oxygen atoms in total. The molecule has 0 bridgehead atoms. The zero-order chi connectivity index (χ0) is 12.1.